The molecule has 10 heteroatoms. The first kappa shape index (κ1) is 24.0. The number of ether oxygens (including phenoxy) is 1. The number of carbonyl (C=O) groups excluding carboxylic acids is 2. The fourth-order valence-electron chi connectivity index (χ4n) is 4.77. The monoisotopic (exact) mass is 489 g/mol. The Morgan fingerprint density at radius 3 is 2.56 bits per heavy atom. The Balaban J connectivity index is 1.37. The predicted molar refractivity (Wildman–Crippen MR) is 138 cm³/mol. The second-order valence-corrected chi connectivity index (χ2v) is 9.33. The normalized spacial score (nSPS) is 20.2. The van der Waals surface area contributed by atoms with E-state index in [1.54, 1.807) is 0 Å². The van der Waals surface area contributed by atoms with Crippen LogP contribution in [-0.4, -0.2) is 65.1 Å². The largest absolute Gasteiger partial charge is 0.378 e. The molecule has 3 aromatic rings. The van der Waals surface area contributed by atoms with Crippen LogP contribution < -0.4 is 22.1 Å². The molecule has 36 heavy (non-hydrogen) atoms. The van der Waals surface area contributed by atoms with Crippen molar-refractivity contribution in [3.8, 4) is 0 Å². The molecule has 1 saturated carbocycles. The molecule has 6 N–H and O–H groups in total. The number of benzene rings is 2. The van der Waals surface area contributed by atoms with Crippen molar-refractivity contribution in [2.24, 2.45) is 11.5 Å². The van der Waals surface area contributed by atoms with Gasteiger partial charge in [-0.1, -0.05) is 25.0 Å². The first-order valence-electron chi connectivity index (χ1n) is 12.3. The third-order valence-electron chi connectivity index (χ3n) is 6.84. The van der Waals surface area contributed by atoms with Gasteiger partial charge in [0.05, 0.1) is 13.2 Å². The molecule has 0 radical (unpaired) electrons. The summed E-state index contributed by atoms with van der Waals surface area (Å²) in [5, 5.41) is 8.41. The number of hydrogen-bond donors (Lipinski definition) is 4. The van der Waals surface area contributed by atoms with Gasteiger partial charge >= 0.3 is 0 Å². The molecule has 1 aliphatic carbocycles. The lowest BCUT2D eigenvalue weighted by Crippen LogP contribution is -2.43. The highest BCUT2D eigenvalue weighted by atomic mass is 16.5. The van der Waals surface area contributed by atoms with E-state index >= 15 is 0 Å². The summed E-state index contributed by atoms with van der Waals surface area (Å²) >= 11 is 0. The molecule has 5 rings (SSSR count). The van der Waals surface area contributed by atoms with Crippen molar-refractivity contribution in [1.82, 2.24) is 14.9 Å². The number of amides is 2. The molecule has 1 aromatic heterocycles. The van der Waals surface area contributed by atoms with Crippen LogP contribution >= 0.6 is 0 Å². The molecule has 188 valence electrons. The number of rotatable bonds is 6. The van der Waals surface area contributed by atoms with Crippen molar-refractivity contribution in [3.05, 3.63) is 53.7 Å². The van der Waals surface area contributed by atoms with Crippen molar-refractivity contribution < 1.29 is 14.3 Å². The maximum absolute atomic E-state index is 12.8. The number of fused-ring (bicyclic) bond motifs is 1. The van der Waals surface area contributed by atoms with Crippen LogP contribution in [0.1, 0.15) is 46.4 Å². The van der Waals surface area contributed by atoms with Gasteiger partial charge in [0.25, 0.3) is 11.8 Å². The maximum atomic E-state index is 12.8. The van der Waals surface area contributed by atoms with E-state index in [1.807, 2.05) is 41.3 Å². The fraction of sp³-hybridized carbons (Fsp3) is 0.385. The van der Waals surface area contributed by atoms with Crippen LogP contribution in [0.5, 0.6) is 0 Å². The van der Waals surface area contributed by atoms with E-state index in [-0.39, 0.29) is 23.6 Å². The fourth-order valence-corrected chi connectivity index (χ4v) is 4.77. The van der Waals surface area contributed by atoms with Gasteiger partial charge in [0.2, 0.25) is 5.95 Å². The van der Waals surface area contributed by atoms with Crippen molar-refractivity contribution in [2.75, 3.05) is 36.9 Å². The standard InChI is InChI=1S/C26H31N7O3/c27-21-3-1-2-4-22(21)31-26-29-15-20(23(28)34)24(32-26)30-19-8-7-16-13-18(6-5-17(16)14-19)25(35)33-9-11-36-12-10-33/h5-8,13-15,21-22H,1-4,9-12,27H2,(H2,28,34)(H2,29,30,31,32)/t21-,22+/m0/s1. The molecule has 2 heterocycles. The molecule has 2 aliphatic rings. The van der Waals surface area contributed by atoms with Gasteiger partial charge in [-0.2, -0.15) is 4.98 Å². The third kappa shape index (κ3) is 5.24. The van der Waals surface area contributed by atoms with Gasteiger partial charge in [0.15, 0.2) is 0 Å². The summed E-state index contributed by atoms with van der Waals surface area (Å²) in [5.74, 6) is 0.109. The summed E-state index contributed by atoms with van der Waals surface area (Å²) < 4.78 is 5.34. The lowest BCUT2D eigenvalue weighted by molar-refractivity contribution is 0.0303. The lowest BCUT2D eigenvalue weighted by Gasteiger charge is -2.29. The average molecular weight is 490 g/mol. The van der Waals surface area contributed by atoms with E-state index in [4.69, 9.17) is 16.2 Å². The number of nitrogens with two attached hydrogens (primary N) is 2. The highest BCUT2D eigenvalue weighted by Gasteiger charge is 2.23. The van der Waals surface area contributed by atoms with E-state index in [9.17, 15) is 9.59 Å². The zero-order valence-electron chi connectivity index (χ0n) is 20.1. The molecule has 2 atom stereocenters. The molecule has 2 aromatic carbocycles. The average Bonchev–Trinajstić information content (AvgIpc) is 2.90. The second kappa shape index (κ2) is 10.5. The number of aromatic nitrogens is 2. The molecule has 10 nitrogen and oxygen atoms in total. The maximum Gasteiger partial charge on any atom is 0.254 e. The quantitative estimate of drug-likeness (QED) is 0.413. The zero-order valence-corrected chi connectivity index (χ0v) is 20.1. The Labute approximate surface area is 209 Å². The molecule has 1 saturated heterocycles. The van der Waals surface area contributed by atoms with Gasteiger partial charge in [0.1, 0.15) is 11.4 Å². The molecule has 0 bridgehead atoms. The van der Waals surface area contributed by atoms with Crippen LogP contribution in [0, 0.1) is 0 Å². The summed E-state index contributed by atoms with van der Waals surface area (Å²) in [6.07, 6.45) is 5.56. The van der Waals surface area contributed by atoms with Gasteiger partial charge in [0, 0.05) is 42.6 Å². The molecule has 0 spiro atoms. The Hall–Kier alpha value is -3.76. The van der Waals surface area contributed by atoms with E-state index in [0.717, 1.165) is 42.1 Å². The van der Waals surface area contributed by atoms with Crippen LogP contribution in [0.3, 0.4) is 0 Å². The van der Waals surface area contributed by atoms with Gasteiger partial charge < -0.3 is 31.7 Å². The first-order chi connectivity index (χ1) is 17.5. The van der Waals surface area contributed by atoms with Crippen molar-refractivity contribution in [3.63, 3.8) is 0 Å². The van der Waals surface area contributed by atoms with Crippen LogP contribution in [0.2, 0.25) is 0 Å². The summed E-state index contributed by atoms with van der Waals surface area (Å²) in [5.41, 5.74) is 13.4. The molecule has 1 aliphatic heterocycles. The predicted octanol–water partition coefficient (Wildman–Crippen LogP) is 2.63. The lowest BCUT2D eigenvalue weighted by atomic mass is 9.91. The summed E-state index contributed by atoms with van der Waals surface area (Å²) in [6, 6.07) is 11.5. The smallest absolute Gasteiger partial charge is 0.254 e. The van der Waals surface area contributed by atoms with E-state index in [1.165, 1.54) is 6.20 Å². The summed E-state index contributed by atoms with van der Waals surface area (Å²) in [6.45, 7) is 2.33. The number of morpholine rings is 1. The van der Waals surface area contributed by atoms with Crippen molar-refractivity contribution in [2.45, 2.75) is 37.8 Å². The molecule has 2 amide bonds. The number of nitrogens with zero attached hydrogens (tertiary/aromatic N) is 3. The molecular weight excluding hydrogens is 458 g/mol. The van der Waals surface area contributed by atoms with E-state index in [2.05, 4.69) is 20.6 Å². The number of anilines is 3. The van der Waals surface area contributed by atoms with Gasteiger partial charge in [-0.25, -0.2) is 4.98 Å². The topological polar surface area (TPSA) is 148 Å². The molecular formula is C26H31N7O3. The minimum Gasteiger partial charge on any atom is -0.378 e. The Morgan fingerprint density at radius 2 is 1.78 bits per heavy atom. The van der Waals surface area contributed by atoms with Gasteiger partial charge in [-0.05, 0) is 47.9 Å². The van der Waals surface area contributed by atoms with Crippen LogP contribution in [0.25, 0.3) is 10.8 Å². The van der Waals surface area contributed by atoms with Crippen LogP contribution in [-0.2, 0) is 4.74 Å². The SMILES string of the molecule is NC(=O)c1cnc(N[C@@H]2CCCC[C@@H]2N)nc1Nc1ccc2cc(C(=O)N3CCOCC3)ccc2c1. The minimum atomic E-state index is -0.620. The number of hydrogen-bond acceptors (Lipinski definition) is 8. The Kier molecular flexibility index (Phi) is 6.97. The second-order valence-electron chi connectivity index (χ2n) is 9.33. The summed E-state index contributed by atoms with van der Waals surface area (Å²) in [4.78, 5) is 35.5. The van der Waals surface area contributed by atoms with E-state index in [0.29, 0.717) is 43.6 Å². The van der Waals surface area contributed by atoms with E-state index < -0.39 is 5.91 Å². The highest BCUT2D eigenvalue weighted by Crippen LogP contribution is 2.26. The van der Waals surface area contributed by atoms with Crippen LogP contribution in [0.15, 0.2) is 42.6 Å². The Morgan fingerprint density at radius 1 is 1.03 bits per heavy atom. The highest BCUT2D eigenvalue weighted by molar-refractivity contribution is 6.00. The molecule has 0 unspecified atom stereocenters. The number of nitrogens with one attached hydrogen (secondary N) is 2. The van der Waals surface area contributed by atoms with Crippen LogP contribution in [0.4, 0.5) is 17.5 Å². The number of primary amides is 1. The minimum absolute atomic E-state index is 0.00667. The first-order valence-corrected chi connectivity index (χ1v) is 12.3. The van der Waals surface area contributed by atoms with Gasteiger partial charge in [-0.3, -0.25) is 9.59 Å². The Bertz CT molecular complexity index is 1280. The number of carbonyl (C=O) groups is 2. The summed E-state index contributed by atoms with van der Waals surface area (Å²) in [7, 11) is 0. The third-order valence-corrected chi connectivity index (χ3v) is 6.84. The molecule has 2 fully saturated rings. The van der Waals surface area contributed by atoms with Crippen molar-refractivity contribution >= 4 is 40.0 Å². The zero-order chi connectivity index (χ0) is 25.1. The van der Waals surface area contributed by atoms with Crippen molar-refractivity contribution in [1.29, 1.82) is 0 Å². The van der Waals surface area contributed by atoms with Gasteiger partial charge in [-0.15, -0.1) is 0 Å².